The first kappa shape index (κ1) is 15.1. The van der Waals surface area contributed by atoms with Crippen molar-refractivity contribution in [2.24, 2.45) is 0 Å². The van der Waals surface area contributed by atoms with Gasteiger partial charge in [-0.2, -0.15) is 0 Å². The fourth-order valence-electron chi connectivity index (χ4n) is 2.05. The molecule has 1 aromatic carbocycles. The van der Waals surface area contributed by atoms with Crippen molar-refractivity contribution in [3.05, 3.63) is 24.3 Å². The van der Waals surface area contributed by atoms with Gasteiger partial charge >= 0.3 is 12.0 Å². The number of nitrogens with one attached hydrogen (secondary N) is 1. The highest BCUT2D eigenvalue weighted by Crippen LogP contribution is 2.18. The van der Waals surface area contributed by atoms with Gasteiger partial charge in [0.1, 0.15) is 0 Å². The van der Waals surface area contributed by atoms with Crippen molar-refractivity contribution in [3.63, 3.8) is 0 Å². The number of hydrogen-bond acceptors (Lipinski definition) is 4. The highest BCUT2D eigenvalue weighted by atomic mass is 16.5. The summed E-state index contributed by atoms with van der Waals surface area (Å²) in [6.07, 6.45) is -0.961. The lowest BCUT2D eigenvalue weighted by molar-refractivity contribution is -0.154. The van der Waals surface area contributed by atoms with Gasteiger partial charge in [-0.05, 0) is 18.2 Å². The maximum Gasteiger partial charge on any atom is 0.334 e. The quantitative estimate of drug-likeness (QED) is 0.871. The Morgan fingerprint density at radius 3 is 2.86 bits per heavy atom. The summed E-state index contributed by atoms with van der Waals surface area (Å²) in [6, 6.07) is 7.11. The molecule has 1 aliphatic rings. The Morgan fingerprint density at radius 2 is 2.19 bits per heavy atom. The second kappa shape index (κ2) is 6.45. The van der Waals surface area contributed by atoms with E-state index in [2.05, 4.69) is 5.32 Å². The van der Waals surface area contributed by atoms with Gasteiger partial charge in [-0.1, -0.05) is 6.07 Å². The SMILES string of the molecule is CN(C)c1cccc(NC(=O)N2CCOC(C(=O)O)C2)c1. The molecule has 114 valence electrons. The highest BCUT2D eigenvalue weighted by Gasteiger charge is 2.28. The lowest BCUT2D eigenvalue weighted by atomic mass is 10.2. The van der Waals surface area contributed by atoms with E-state index in [0.717, 1.165) is 5.69 Å². The summed E-state index contributed by atoms with van der Waals surface area (Å²) < 4.78 is 5.09. The van der Waals surface area contributed by atoms with Crippen LogP contribution in [0.2, 0.25) is 0 Å². The molecule has 0 radical (unpaired) electrons. The van der Waals surface area contributed by atoms with Gasteiger partial charge in [0.15, 0.2) is 6.10 Å². The Bertz CT molecular complexity index is 533. The normalized spacial score (nSPS) is 18.2. The first-order valence-electron chi connectivity index (χ1n) is 6.65. The van der Waals surface area contributed by atoms with Crippen molar-refractivity contribution in [1.29, 1.82) is 0 Å². The van der Waals surface area contributed by atoms with Crippen LogP contribution in [0.15, 0.2) is 24.3 Å². The van der Waals surface area contributed by atoms with Crippen LogP contribution >= 0.6 is 0 Å². The molecular formula is C14H19N3O4. The minimum absolute atomic E-state index is 0.0501. The number of anilines is 2. The molecule has 1 aliphatic heterocycles. The molecule has 1 atom stereocenters. The lowest BCUT2D eigenvalue weighted by Gasteiger charge is -2.30. The molecule has 1 unspecified atom stereocenters. The molecule has 21 heavy (non-hydrogen) atoms. The maximum atomic E-state index is 12.2. The van der Waals surface area contributed by atoms with Crippen molar-refractivity contribution in [2.45, 2.75) is 6.10 Å². The van der Waals surface area contributed by atoms with Gasteiger partial charge in [-0.25, -0.2) is 9.59 Å². The van der Waals surface area contributed by atoms with Crippen LogP contribution in [0.25, 0.3) is 0 Å². The summed E-state index contributed by atoms with van der Waals surface area (Å²) in [5.41, 5.74) is 1.64. The predicted molar refractivity (Wildman–Crippen MR) is 78.7 cm³/mol. The molecule has 0 bridgehead atoms. The first-order valence-corrected chi connectivity index (χ1v) is 6.65. The largest absolute Gasteiger partial charge is 0.479 e. The summed E-state index contributed by atoms with van der Waals surface area (Å²) in [7, 11) is 3.83. The first-order chi connectivity index (χ1) is 9.97. The Labute approximate surface area is 123 Å². The van der Waals surface area contributed by atoms with Crippen LogP contribution in [0.4, 0.5) is 16.2 Å². The van der Waals surface area contributed by atoms with Gasteiger partial charge in [0.2, 0.25) is 0 Å². The summed E-state index contributed by atoms with van der Waals surface area (Å²) in [4.78, 5) is 26.5. The van der Waals surface area contributed by atoms with Crippen molar-refractivity contribution in [3.8, 4) is 0 Å². The van der Waals surface area contributed by atoms with E-state index in [1.54, 1.807) is 6.07 Å². The van der Waals surface area contributed by atoms with Crippen LogP contribution in [-0.4, -0.2) is 61.9 Å². The van der Waals surface area contributed by atoms with Gasteiger partial charge in [0, 0.05) is 32.0 Å². The van der Waals surface area contributed by atoms with E-state index in [1.807, 2.05) is 37.2 Å². The molecule has 0 spiro atoms. The van der Waals surface area contributed by atoms with Gasteiger partial charge in [-0.3, -0.25) is 0 Å². The second-order valence-corrected chi connectivity index (χ2v) is 5.02. The molecule has 1 fully saturated rings. The van der Waals surface area contributed by atoms with E-state index in [9.17, 15) is 9.59 Å². The van der Waals surface area contributed by atoms with Crippen molar-refractivity contribution in [1.82, 2.24) is 4.90 Å². The molecule has 7 heteroatoms. The Balaban J connectivity index is 2.01. The van der Waals surface area contributed by atoms with Crippen LogP contribution in [0.1, 0.15) is 0 Å². The fraction of sp³-hybridized carbons (Fsp3) is 0.429. The van der Waals surface area contributed by atoms with Gasteiger partial charge in [0.05, 0.1) is 13.2 Å². The standard InChI is InChI=1S/C14H19N3O4/c1-16(2)11-5-3-4-10(8-11)15-14(20)17-6-7-21-12(9-17)13(18)19/h3-5,8,12H,6-7,9H2,1-2H3,(H,15,20)(H,18,19). The van der Waals surface area contributed by atoms with Crippen LogP contribution in [0.5, 0.6) is 0 Å². The molecule has 1 heterocycles. The van der Waals surface area contributed by atoms with E-state index in [-0.39, 0.29) is 19.2 Å². The number of carbonyl (C=O) groups is 2. The molecule has 2 N–H and O–H groups in total. The van der Waals surface area contributed by atoms with Gasteiger partial charge in [0.25, 0.3) is 0 Å². The van der Waals surface area contributed by atoms with Crippen LogP contribution < -0.4 is 10.2 Å². The fourth-order valence-corrected chi connectivity index (χ4v) is 2.05. The number of carboxylic acid groups (broad SMARTS) is 1. The number of aliphatic carboxylic acids is 1. The Kier molecular flexibility index (Phi) is 4.64. The zero-order valence-corrected chi connectivity index (χ0v) is 12.1. The molecule has 0 aromatic heterocycles. The number of amides is 2. The van der Waals surface area contributed by atoms with E-state index in [4.69, 9.17) is 9.84 Å². The summed E-state index contributed by atoms with van der Waals surface area (Å²) in [5, 5.41) is 11.7. The molecule has 0 aliphatic carbocycles. The summed E-state index contributed by atoms with van der Waals surface area (Å²) in [6.45, 7) is 0.652. The van der Waals surface area contributed by atoms with Gasteiger partial charge in [-0.15, -0.1) is 0 Å². The minimum Gasteiger partial charge on any atom is -0.479 e. The number of morpholine rings is 1. The maximum absolute atomic E-state index is 12.2. The number of urea groups is 1. The number of rotatable bonds is 3. The molecule has 0 saturated carbocycles. The third-order valence-corrected chi connectivity index (χ3v) is 3.24. The number of ether oxygens (including phenoxy) is 1. The van der Waals surface area contributed by atoms with E-state index in [0.29, 0.717) is 12.2 Å². The highest BCUT2D eigenvalue weighted by molar-refractivity contribution is 5.90. The smallest absolute Gasteiger partial charge is 0.334 e. The molecule has 2 rings (SSSR count). The zero-order valence-electron chi connectivity index (χ0n) is 12.1. The molecule has 2 amide bonds. The van der Waals surface area contributed by atoms with Crippen molar-refractivity contribution >= 4 is 23.4 Å². The zero-order chi connectivity index (χ0) is 15.4. The monoisotopic (exact) mass is 293 g/mol. The van der Waals surface area contributed by atoms with Crippen LogP contribution in [-0.2, 0) is 9.53 Å². The van der Waals surface area contributed by atoms with Gasteiger partial charge < -0.3 is 25.0 Å². The van der Waals surface area contributed by atoms with Crippen LogP contribution in [0, 0.1) is 0 Å². The summed E-state index contributed by atoms with van der Waals surface area (Å²) in [5.74, 6) is -1.05. The number of carboxylic acids is 1. The second-order valence-electron chi connectivity index (χ2n) is 5.02. The third kappa shape index (κ3) is 3.85. The number of nitrogens with zero attached hydrogens (tertiary/aromatic N) is 2. The van der Waals surface area contributed by atoms with Crippen LogP contribution in [0.3, 0.4) is 0 Å². The molecule has 1 saturated heterocycles. The molecular weight excluding hydrogens is 274 g/mol. The van der Waals surface area contributed by atoms with E-state index in [1.165, 1.54) is 4.90 Å². The average molecular weight is 293 g/mol. The number of hydrogen-bond donors (Lipinski definition) is 2. The Hall–Kier alpha value is -2.28. The topological polar surface area (TPSA) is 82.1 Å². The molecule has 1 aromatic rings. The third-order valence-electron chi connectivity index (χ3n) is 3.24. The lowest BCUT2D eigenvalue weighted by Crippen LogP contribution is -2.49. The average Bonchev–Trinajstić information content (AvgIpc) is 2.47. The number of carbonyl (C=O) groups excluding carboxylic acids is 1. The molecule has 7 nitrogen and oxygen atoms in total. The predicted octanol–water partition coefficient (Wildman–Crippen LogP) is 1.07. The van der Waals surface area contributed by atoms with Crippen molar-refractivity contribution in [2.75, 3.05) is 44.0 Å². The van der Waals surface area contributed by atoms with Crippen molar-refractivity contribution < 1.29 is 19.4 Å². The van der Waals surface area contributed by atoms with E-state index >= 15 is 0 Å². The van der Waals surface area contributed by atoms with E-state index < -0.39 is 12.1 Å². The Morgan fingerprint density at radius 1 is 1.43 bits per heavy atom. The minimum atomic E-state index is -1.05. The summed E-state index contributed by atoms with van der Waals surface area (Å²) >= 11 is 0. The number of benzene rings is 1.